The van der Waals surface area contributed by atoms with E-state index in [4.69, 9.17) is 13.9 Å². The van der Waals surface area contributed by atoms with Crippen molar-refractivity contribution in [1.82, 2.24) is 10.3 Å². The number of aryl methyl sites for hydroxylation is 1. The Kier molecular flexibility index (Phi) is 7.21. The second kappa shape index (κ2) is 9.39. The molecule has 0 aliphatic heterocycles. The summed E-state index contributed by atoms with van der Waals surface area (Å²) in [6.45, 7) is 7.38. The highest BCUT2D eigenvalue weighted by Crippen LogP contribution is 2.23. The van der Waals surface area contributed by atoms with Crippen LogP contribution >= 0.6 is 0 Å². The number of alkyl carbamates (subject to hydrolysis) is 1. The highest BCUT2D eigenvalue weighted by atomic mass is 19.1. The number of oxazole rings is 1. The minimum absolute atomic E-state index is 0.00285. The maximum absolute atomic E-state index is 13.1. The van der Waals surface area contributed by atoms with Crippen LogP contribution in [0.1, 0.15) is 46.4 Å². The summed E-state index contributed by atoms with van der Waals surface area (Å²) < 4.78 is 29.5. The number of aromatic nitrogens is 1. The van der Waals surface area contributed by atoms with Crippen LogP contribution in [0.5, 0.6) is 5.75 Å². The topological polar surface area (TPSA) is 73.6 Å². The summed E-state index contributed by atoms with van der Waals surface area (Å²) in [5.41, 5.74) is 1.07. The minimum atomic E-state index is -0.608. The second-order valence-corrected chi connectivity index (χ2v) is 7.25. The number of ether oxygens (including phenoxy) is 2. The number of benzene rings is 1. The maximum Gasteiger partial charge on any atom is 0.407 e. The molecule has 1 aromatic carbocycles. The quantitative estimate of drug-likeness (QED) is 0.705. The monoisotopic (exact) mass is 378 g/mol. The Morgan fingerprint density at radius 2 is 2.15 bits per heavy atom. The lowest BCUT2D eigenvalue weighted by atomic mass is 10.2. The number of fused-ring (bicyclic) bond motifs is 1. The number of unbranched alkanes of at least 4 members (excludes halogenated alkanes) is 1. The highest BCUT2D eigenvalue weighted by Gasteiger charge is 2.16. The molecule has 0 fully saturated rings. The van der Waals surface area contributed by atoms with Gasteiger partial charge < -0.3 is 19.2 Å². The van der Waals surface area contributed by atoms with Crippen molar-refractivity contribution in [3.63, 3.8) is 0 Å². The molecule has 1 heterocycles. The molecule has 1 amide bonds. The van der Waals surface area contributed by atoms with E-state index in [0.717, 1.165) is 24.8 Å². The van der Waals surface area contributed by atoms with Crippen LogP contribution in [0.15, 0.2) is 34.5 Å². The van der Waals surface area contributed by atoms with Crippen LogP contribution in [0.25, 0.3) is 11.1 Å². The van der Waals surface area contributed by atoms with Crippen molar-refractivity contribution in [3.05, 3.63) is 36.0 Å². The molecule has 0 unspecified atom stereocenters. The van der Waals surface area contributed by atoms with Gasteiger partial charge in [0.2, 0.25) is 0 Å². The fourth-order valence-corrected chi connectivity index (χ4v) is 2.27. The van der Waals surface area contributed by atoms with Crippen molar-refractivity contribution in [2.75, 3.05) is 13.2 Å². The summed E-state index contributed by atoms with van der Waals surface area (Å²) in [7, 11) is 0. The molecule has 27 heavy (non-hydrogen) atoms. The van der Waals surface area contributed by atoms with Gasteiger partial charge in [-0.15, -0.1) is 0 Å². The van der Waals surface area contributed by atoms with Crippen LogP contribution in [0.3, 0.4) is 0 Å². The van der Waals surface area contributed by atoms with E-state index in [9.17, 15) is 9.18 Å². The first-order valence-corrected chi connectivity index (χ1v) is 9.08. The summed E-state index contributed by atoms with van der Waals surface area (Å²) in [4.78, 5) is 16.1. The molecule has 0 bridgehead atoms. The fraction of sp³-hybridized carbons (Fsp3) is 0.500. The third-order valence-electron chi connectivity index (χ3n) is 3.59. The Morgan fingerprint density at radius 3 is 2.81 bits per heavy atom. The van der Waals surface area contributed by atoms with E-state index in [-0.39, 0.29) is 18.7 Å². The lowest BCUT2D eigenvalue weighted by Crippen LogP contribution is -2.34. The Labute approximate surface area is 158 Å². The van der Waals surface area contributed by atoms with Gasteiger partial charge in [0, 0.05) is 24.6 Å². The van der Waals surface area contributed by atoms with Crippen molar-refractivity contribution >= 4 is 17.2 Å². The SMILES string of the molecule is CCCCc1nc2ccc(OC/C(=C/F)CNC(=O)OC(C)(C)C)cc2o1. The summed E-state index contributed by atoms with van der Waals surface area (Å²) in [6, 6.07) is 5.29. The number of carbonyl (C=O) groups excluding carboxylic acids is 1. The van der Waals surface area contributed by atoms with Crippen molar-refractivity contribution in [1.29, 1.82) is 0 Å². The van der Waals surface area contributed by atoms with Gasteiger partial charge in [0.15, 0.2) is 11.5 Å². The van der Waals surface area contributed by atoms with E-state index in [2.05, 4.69) is 17.2 Å². The van der Waals surface area contributed by atoms with E-state index in [1.165, 1.54) is 0 Å². The van der Waals surface area contributed by atoms with E-state index >= 15 is 0 Å². The Balaban J connectivity index is 1.89. The van der Waals surface area contributed by atoms with Gasteiger partial charge in [0.05, 0.1) is 6.33 Å². The molecule has 0 aliphatic rings. The molecule has 0 aliphatic carbocycles. The molecule has 2 rings (SSSR count). The number of nitrogens with zero attached hydrogens (tertiary/aromatic N) is 1. The number of hydrogen-bond donors (Lipinski definition) is 1. The van der Waals surface area contributed by atoms with E-state index in [1.54, 1.807) is 39.0 Å². The molecule has 2 aromatic rings. The molecule has 0 radical (unpaired) electrons. The van der Waals surface area contributed by atoms with Crippen LogP contribution in [0.4, 0.5) is 9.18 Å². The number of hydrogen-bond acceptors (Lipinski definition) is 5. The van der Waals surface area contributed by atoms with E-state index < -0.39 is 11.7 Å². The molecule has 148 valence electrons. The van der Waals surface area contributed by atoms with Crippen molar-refractivity contribution in [3.8, 4) is 5.75 Å². The maximum atomic E-state index is 13.1. The summed E-state index contributed by atoms with van der Waals surface area (Å²) in [6.07, 6.45) is 2.71. The number of nitrogens with one attached hydrogen (secondary N) is 1. The number of halogens is 1. The molecule has 0 saturated carbocycles. The largest absolute Gasteiger partial charge is 0.489 e. The van der Waals surface area contributed by atoms with Crippen molar-refractivity contribution < 1.29 is 23.1 Å². The first-order chi connectivity index (χ1) is 12.8. The zero-order chi connectivity index (χ0) is 19.9. The lowest BCUT2D eigenvalue weighted by molar-refractivity contribution is 0.0531. The van der Waals surface area contributed by atoms with E-state index in [0.29, 0.717) is 23.6 Å². The third kappa shape index (κ3) is 6.92. The molecule has 0 spiro atoms. The van der Waals surface area contributed by atoms with Gasteiger partial charge in [0.25, 0.3) is 0 Å². The normalized spacial score (nSPS) is 12.3. The zero-order valence-electron chi connectivity index (χ0n) is 16.3. The number of carbonyl (C=O) groups is 1. The second-order valence-electron chi connectivity index (χ2n) is 7.25. The smallest absolute Gasteiger partial charge is 0.407 e. The van der Waals surface area contributed by atoms with Gasteiger partial charge in [-0.05, 0) is 39.3 Å². The zero-order valence-corrected chi connectivity index (χ0v) is 16.3. The standard InChI is InChI=1S/C20H27FN2O4/c1-5-6-7-18-23-16-9-8-15(10-17(16)26-18)25-13-14(11-21)12-22-19(24)27-20(2,3)4/h8-11H,5-7,12-13H2,1-4H3,(H,22,24)/b14-11+. The average Bonchev–Trinajstić information content (AvgIpc) is 3.00. The predicted octanol–water partition coefficient (Wildman–Crippen LogP) is 4.93. The Morgan fingerprint density at radius 1 is 1.37 bits per heavy atom. The predicted molar refractivity (Wildman–Crippen MR) is 102 cm³/mol. The van der Waals surface area contributed by atoms with Gasteiger partial charge in [-0.25, -0.2) is 14.2 Å². The number of rotatable bonds is 8. The Hall–Kier alpha value is -2.57. The van der Waals surface area contributed by atoms with Crippen LogP contribution in [0.2, 0.25) is 0 Å². The molecule has 7 heteroatoms. The van der Waals surface area contributed by atoms with Gasteiger partial charge in [-0.1, -0.05) is 13.3 Å². The van der Waals surface area contributed by atoms with Gasteiger partial charge in [-0.3, -0.25) is 0 Å². The molecular formula is C20H27FN2O4. The summed E-state index contributed by atoms with van der Waals surface area (Å²) >= 11 is 0. The van der Waals surface area contributed by atoms with Crippen LogP contribution in [-0.4, -0.2) is 29.8 Å². The van der Waals surface area contributed by atoms with Gasteiger partial charge in [-0.2, -0.15) is 0 Å². The van der Waals surface area contributed by atoms with Crippen LogP contribution in [0, 0.1) is 0 Å². The third-order valence-corrected chi connectivity index (χ3v) is 3.59. The fourth-order valence-electron chi connectivity index (χ4n) is 2.27. The van der Waals surface area contributed by atoms with Crippen molar-refractivity contribution in [2.45, 2.75) is 52.6 Å². The van der Waals surface area contributed by atoms with Crippen molar-refractivity contribution in [2.24, 2.45) is 0 Å². The van der Waals surface area contributed by atoms with Gasteiger partial charge >= 0.3 is 6.09 Å². The van der Waals surface area contributed by atoms with E-state index in [1.807, 2.05) is 0 Å². The lowest BCUT2D eigenvalue weighted by Gasteiger charge is -2.20. The van der Waals surface area contributed by atoms with Gasteiger partial charge in [0.1, 0.15) is 23.5 Å². The molecule has 0 atom stereocenters. The molecule has 1 aromatic heterocycles. The number of amides is 1. The summed E-state index contributed by atoms with van der Waals surface area (Å²) in [5, 5.41) is 2.50. The molecule has 6 nitrogen and oxygen atoms in total. The summed E-state index contributed by atoms with van der Waals surface area (Å²) in [5.74, 6) is 1.24. The Bertz CT molecular complexity index is 793. The molecule has 0 saturated heterocycles. The first kappa shape index (κ1) is 20.7. The minimum Gasteiger partial charge on any atom is -0.489 e. The first-order valence-electron chi connectivity index (χ1n) is 9.08. The van der Waals surface area contributed by atoms with Crippen LogP contribution in [-0.2, 0) is 11.2 Å². The van der Waals surface area contributed by atoms with Crippen LogP contribution < -0.4 is 10.1 Å². The molecule has 1 N–H and O–H groups in total. The average molecular weight is 378 g/mol. The highest BCUT2D eigenvalue weighted by molar-refractivity contribution is 5.74. The molecular weight excluding hydrogens is 351 g/mol.